The Hall–Kier alpha value is -3.21. The minimum Gasteiger partial charge on any atom is -0.497 e. The third-order valence-electron chi connectivity index (χ3n) is 7.34. The van der Waals surface area contributed by atoms with Crippen molar-refractivity contribution in [3.63, 3.8) is 0 Å². The third-order valence-corrected chi connectivity index (χ3v) is 8.01. The summed E-state index contributed by atoms with van der Waals surface area (Å²) in [7, 11) is 1.69. The molecular formula is C27H33N7O2S. The van der Waals surface area contributed by atoms with Gasteiger partial charge in [-0.05, 0) is 48.4 Å². The van der Waals surface area contributed by atoms with Gasteiger partial charge in [0, 0.05) is 44.1 Å². The van der Waals surface area contributed by atoms with Crippen molar-refractivity contribution in [2.45, 2.75) is 25.3 Å². The fourth-order valence-corrected chi connectivity index (χ4v) is 5.86. The minimum atomic E-state index is 0.613. The largest absolute Gasteiger partial charge is 0.497 e. The number of benzene rings is 1. The van der Waals surface area contributed by atoms with E-state index in [1.165, 1.54) is 5.56 Å². The van der Waals surface area contributed by atoms with E-state index in [0.29, 0.717) is 6.04 Å². The van der Waals surface area contributed by atoms with Gasteiger partial charge in [0.15, 0.2) is 17.0 Å². The third kappa shape index (κ3) is 5.27. The van der Waals surface area contributed by atoms with E-state index in [-0.39, 0.29) is 0 Å². The number of fused-ring (bicyclic) bond motifs is 1. The number of methoxy groups -OCH3 is 1. The van der Waals surface area contributed by atoms with Crippen molar-refractivity contribution in [3.05, 3.63) is 53.0 Å². The highest BCUT2D eigenvalue weighted by Gasteiger charge is 2.28. The number of nitrogens with one attached hydrogen (secondary N) is 1. The molecule has 2 aliphatic rings. The van der Waals surface area contributed by atoms with Crippen molar-refractivity contribution in [1.29, 1.82) is 0 Å². The predicted octanol–water partition coefficient (Wildman–Crippen LogP) is 3.84. The van der Waals surface area contributed by atoms with E-state index < -0.39 is 0 Å². The van der Waals surface area contributed by atoms with Crippen LogP contribution < -0.4 is 15.0 Å². The molecule has 5 heterocycles. The van der Waals surface area contributed by atoms with E-state index in [9.17, 15) is 0 Å². The summed E-state index contributed by atoms with van der Waals surface area (Å²) in [5, 5.41) is 7.75. The summed E-state index contributed by atoms with van der Waals surface area (Å²) in [5.74, 6) is 2.44. The summed E-state index contributed by atoms with van der Waals surface area (Å²) in [6.45, 7) is 6.42. The standard InChI is InChI=1S/C27H33N7O2S/c1-35-23-4-2-20(3-5-23)6-10-28-25-24-26(34(19-29-24)22-9-17-37-18-22)31-27(30-25)33-11-7-21(8-12-33)32-13-15-36-16-14-32/h2-5,9,17-19,21H,6-8,10-16H2,1H3,(H,28,30,31). The number of anilines is 2. The summed E-state index contributed by atoms with van der Waals surface area (Å²) in [6.07, 6.45) is 4.96. The lowest BCUT2D eigenvalue weighted by Crippen LogP contribution is -2.49. The van der Waals surface area contributed by atoms with Crippen molar-refractivity contribution < 1.29 is 9.47 Å². The van der Waals surface area contributed by atoms with Crippen molar-refractivity contribution in [2.75, 3.05) is 63.3 Å². The van der Waals surface area contributed by atoms with Gasteiger partial charge in [0.25, 0.3) is 0 Å². The van der Waals surface area contributed by atoms with Crippen LogP contribution in [0.2, 0.25) is 0 Å². The molecule has 0 bridgehead atoms. The number of nitrogens with zero attached hydrogens (tertiary/aromatic N) is 6. The van der Waals surface area contributed by atoms with Gasteiger partial charge in [-0.25, -0.2) is 4.98 Å². The second-order valence-electron chi connectivity index (χ2n) is 9.53. The lowest BCUT2D eigenvalue weighted by molar-refractivity contribution is 0.0114. The van der Waals surface area contributed by atoms with E-state index in [2.05, 4.69) is 48.6 Å². The average Bonchev–Trinajstić information content (AvgIpc) is 3.64. The summed E-state index contributed by atoms with van der Waals surface area (Å²) in [6, 6.07) is 10.9. The van der Waals surface area contributed by atoms with Gasteiger partial charge in [0.05, 0.1) is 26.0 Å². The molecule has 0 radical (unpaired) electrons. The summed E-state index contributed by atoms with van der Waals surface area (Å²) in [4.78, 5) is 19.6. The Morgan fingerprint density at radius 2 is 1.86 bits per heavy atom. The minimum absolute atomic E-state index is 0.613. The van der Waals surface area contributed by atoms with Crippen LogP contribution in [0.1, 0.15) is 18.4 Å². The molecule has 0 amide bonds. The Morgan fingerprint density at radius 1 is 1.05 bits per heavy atom. The first-order valence-corrected chi connectivity index (χ1v) is 13.9. The Balaban J connectivity index is 1.22. The summed E-state index contributed by atoms with van der Waals surface area (Å²) >= 11 is 1.67. The van der Waals surface area contributed by atoms with Gasteiger partial charge < -0.3 is 19.7 Å². The number of imidazole rings is 1. The zero-order chi connectivity index (χ0) is 25.0. The Labute approximate surface area is 221 Å². The Bertz CT molecular complexity index is 1290. The molecule has 10 heteroatoms. The zero-order valence-corrected chi connectivity index (χ0v) is 22.0. The molecule has 2 aliphatic heterocycles. The molecule has 37 heavy (non-hydrogen) atoms. The molecule has 2 fully saturated rings. The maximum atomic E-state index is 5.55. The fourth-order valence-electron chi connectivity index (χ4n) is 5.23. The van der Waals surface area contributed by atoms with E-state index in [1.54, 1.807) is 18.4 Å². The van der Waals surface area contributed by atoms with Crippen LogP contribution in [0, 0.1) is 0 Å². The van der Waals surface area contributed by atoms with Crippen molar-refractivity contribution in [2.24, 2.45) is 0 Å². The summed E-state index contributed by atoms with van der Waals surface area (Å²) < 4.78 is 12.9. The highest BCUT2D eigenvalue weighted by Crippen LogP contribution is 2.28. The molecule has 0 unspecified atom stereocenters. The van der Waals surface area contributed by atoms with Crippen LogP contribution in [0.4, 0.5) is 11.8 Å². The van der Waals surface area contributed by atoms with Crippen LogP contribution >= 0.6 is 11.3 Å². The molecule has 2 saturated heterocycles. The number of rotatable bonds is 8. The van der Waals surface area contributed by atoms with Crippen LogP contribution in [0.5, 0.6) is 5.75 Å². The molecule has 0 aliphatic carbocycles. The molecule has 6 rings (SSSR count). The number of ether oxygens (including phenoxy) is 2. The number of aromatic nitrogens is 4. The molecule has 3 aromatic heterocycles. The SMILES string of the molecule is COc1ccc(CCNc2nc(N3CCC(N4CCOCC4)CC3)nc3c2ncn3-c2ccsc2)cc1. The molecular weight excluding hydrogens is 486 g/mol. The second kappa shape index (κ2) is 11.0. The molecule has 1 N–H and O–H groups in total. The lowest BCUT2D eigenvalue weighted by Gasteiger charge is -2.40. The highest BCUT2D eigenvalue weighted by atomic mass is 32.1. The van der Waals surface area contributed by atoms with E-state index >= 15 is 0 Å². The first-order chi connectivity index (χ1) is 18.3. The number of piperidine rings is 1. The molecule has 4 aromatic rings. The van der Waals surface area contributed by atoms with E-state index in [0.717, 1.165) is 99.6 Å². The Kier molecular flexibility index (Phi) is 7.20. The van der Waals surface area contributed by atoms with Crippen LogP contribution in [0.3, 0.4) is 0 Å². The second-order valence-corrected chi connectivity index (χ2v) is 10.3. The molecule has 9 nitrogen and oxygen atoms in total. The van der Waals surface area contributed by atoms with Gasteiger partial charge in [-0.1, -0.05) is 12.1 Å². The fraction of sp³-hybridized carbons (Fsp3) is 0.444. The van der Waals surface area contributed by atoms with Crippen LogP contribution in [-0.4, -0.2) is 83.5 Å². The maximum absolute atomic E-state index is 5.55. The predicted molar refractivity (Wildman–Crippen MR) is 147 cm³/mol. The van der Waals surface area contributed by atoms with Gasteiger partial charge in [-0.2, -0.15) is 21.3 Å². The normalized spacial score (nSPS) is 17.4. The topological polar surface area (TPSA) is 80.6 Å². The van der Waals surface area contributed by atoms with Crippen molar-refractivity contribution >= 4 is 34.3 Å². The molecule has 0 spiro atoms. The maximum Gasteiger partial charge on any atom is 0.229 e. The van der Waals surface area contributed by atoms with Crippen LogP contribution in [0.15, 0.2) is 47.4 Å². The first kappa shape index (κ1) is 24.1. The molecule has 0 saturated carbocycles. The van der Waals surface area contributed by atoms with Gasteiger partial charge in [0.2, 0.25) is 5.95 Å². The van der Waals surface area contributed by atoms with Crippen LogP contribution in [-0.2, 0) is 11.2 Å². The lowest BCUT2D eigenvalue weighted by atomic mass is 10.0. The smallest absolute Gasteiger partial charge is 0.229 e. The van der Waals surface area contributed by atoms with Gasteiger partial charge in [-0.15, -0.1) is 0 Å². The quantitative estimate of drug-likeness (QED) is 0.376. The number of morpholine rings is 1. The number of hydrogen-bond donors (Lipinski definition) is 1. The zero-order valence-electron chi connectivity index (χ0n) is 21.2. The van der Waals surface area contributed by atoms with Crippen LogP contribution in [0.25, 0.3) is 16.9 Å². The highest BCUT2D eigenvalue weighted by molar-refractivity contribution is 7.08. The average molecular weight is 520 g/mol. The van der Waals surface area contributed by atoms with Gasteiger partial charge in [-0.3, -0.25) is 9.47 Å². The molecule has 194 valence electrons. The summed E-state index contributed by atoms with van der Waals surface area (Å²) in [5.41, 5.74) is 3.96. The van der Waals surface area contributed by atoms with Gasteiger partial charge in [0.1, 0.15) is 12.1 Å². The molecule has 0 atom stereocenters. The number of hydrogen-bond acceptors (Lipinski definition) is 9. The monoisotopic (exact) mass is 519 g/mol. The van der Waals surface area contributed by atoms with Crippen molar-refractivity contribution in [3.8, 4) is 11.4 Å². The Morgan fingerprint density at radius 3 is 2.59 bits per heavy atom. The van der Waals surface area contributed by atoms with E-state index in [1.807, 2.05) is 18.5 Å². The van der Waals surface area contributed by atoms with Gasteiger partial charge >= 0.3 is 0 Å². The molecule has 1 aromatic carbocycles. The van der Waals surface area contributed by atoms with Crippen molar-refractivity contribution in [1.82, 2.24) is 24.4 Å². The number of thiophene rings is 1. The van der Waals surface area contributed by atoms with E-state index in [4.69, 9.17) is 24.4 Å². The first-order valence-electron chi connectivity index (χ1n) is 13.0.